The molecule has 0 aliphatic carbocycles. The SMILES string of the molecule is CC(C)(O)C(C)(C)OBc1ccccc1-n1c2ccc(-c3ccccc3)cc2c2cc(-c3ccccc3)ccc21. The number of hydrogen-bond donors (Lipinski definition) is 1. The summed E-state index contributed by atoms with van der Waals surface area (Å²) in [6.45, 7) is 7.46. The number of aliphatic hydroxyl groups is 1. The highest BCUT2D eigenvalue weighted by Crippen LogP contribution is 2.37. The molecule has 0 aliphatic rings. The molecule has 1 aromatic heterocycles. The first-order valence-corrected chi connectivity index (χ1v) is 13.9. The van der Waals surface area contributed by atoms with Crippen LogP contribution in [0.5, 0.6) is 0 Å². The van der Waals surface area contributed by atoms with Crippen molar-refractivity contribution in [3.05, 3.63) is 121 Å². The lowest BCUT2D eigenvalue weighted by molar-refractivity contribution is -0.0893. The molecule has 0 spiro atoms. The van der Waals surface area contributed by atoms with Gasteiger partial charge in [0, 0.05) is 16.5 Å². The van der Waals surface area contributed by atoms with Crippen molar-refractivity contribution in [2.24, 2.45) is 0 Å². The van der Waals surface area contributed by atoms with Gasteiger partial charge in [-0.3, -0.25) is 0 Å². The number of para-hydroxylation sites is 1. The molecule has 0 radical (unpaired) electrons. The normalized spacial score (nSPS) is 12.2. The van der Waals surface area contributed by atoms with Crippen molar-refractivity contribution in [2.75, 3.05) is 0 Å². The average molecular weight is 523 g/mol. The van der Waals surface area contributed by atoms with E-state index in [1.54, 1.807) is 13.8 Å². The first-order chi connectivity index (χ1) is 19.2. The van der Waals surface area contributed by atoms with Crippen LogP contribution in [0.2, 0.25) is 0 Å². The summed E-state index contributed by atoms with van der Waals surface area (Å²) in [5.41, 5.74) is 7.54. The van der Waals surface area contributed by atoms with Crippen LogP contribution in [0.25, 0.3) is 49.7 Å². The first kappa shape index (κ1) is 26.1. The standard InChI is InChI=1S/C36H34BNO2/c1-35(2,39)36(3,4)40-37-31-17-11-12-18-34(31)38-32-21-19-27(25-13-7-5-8-14-25)23-29(32)30-24-28(20-22-33(30)38)26-15-9-6-10-16-26/h5-24,37,39H,1-4H3. The predicted molar refractivity (Wildman–Crippen MR) is 170 cm³/mol. The lowest BCUT2D eigenvalue weighted by Gasteiger charge is -2.37. The number of aromatic nitrogens is 1. The molecule has 0 amide bonds. The lowest BCUT2D eigenvalue weighted by atomic mass is 9.81. The summed E-state index contributed by atoms with van der Waals surface area (Å²) in [4.78, 5) is 0. The third kappa shape index (κ3) is 4.74. The topological polar surface area (TPSA) is 34.4 Å². The van der Waals surface area contributed by atoms with Crippen molar-refractivity contribution in [3.8, 4) is 27.9 Å². The molecule has 6 aromatic rings. The summed E-state index contributed by atoms with van der Waals surface area (Å²) in [6, 6.07) is 43.0. The van der Waals surface area contributed by atoms with E-state index in [0.29, 0.717) is 7.48 Å². The molecule has 6 rings (SSSR count). The van der Waals surface area contributed by atoms with Crippen LogP contribution in [0.3, 0.4) is 0 Å². The van der Waals surface area contributed by atoms with E-state index in [4.69, 9.17) is 4.65 Å². The van der Waals surface area contributed by atoms with Crippen molar-refractivity contribution in [2.45, 2.75) is 38.9 Å². The molecule has 0 unspecified atom stereocenters. The van der Waals surface area contributed by atoms with Gasteiger partial charge in [-0.05, 0) is 85.7 Å². The molecule has 0 bridgehead atoms. The minimum atomic E-state index is -0.976. The Morgan fingerprint density at radius 1 is 0.575 bits per heavy atom. The van der Waals surface area contributed by atoms with E-state index >= 15 is 0 Å². The molecular formula is C36H34BNO2. The Bertz CT molecular complexity index is 1700. The molecule has 0 fully saturated rings. The molecule has 4 heteroatoms. The first-order valence-electron chi connectivity index (χ1n) is 13.9. The molecule has 3 nitrogen and oxygen atoms in total. The molecule has 0 saturated heterocycles. The summed E-state index contributed by atoms with van der Waals surface area (Å²) in [6.07, 6.45) is 0. The zero-order valence-electron chi connectivity index (χ0n) is 23.6. The summed E-state index contributed by atoms with van der Waals surface area (Å²) >= 11 is 0. The summed E-state index contributed by atoms with van der Waals surface area (Å²) in [7, 11) is 0.387. The van der Waals surface area contributed by atoms with Crippen LogP contribution in [0.15, 0.2) is 121 Å². The highest BCUT2D eigenvalue weighted by Gasteiger charge is 2.36. The third-order valence-corrected chi connectivity index (χ3v) is 8.27. The minimum Gasteiger partial charge on any atom is -0.427 e. The van der Waals surface area contributed by atoms with Gasteiger partial charge in [-0.2, -0.15) is 0 Å². The maximum absolute atomic E-state index is 10.7. The third-order valence-electron chi connectivity index (χ3n) is 8.27. The second kappa shape index (κ2) is 10.1. The van der Waals surface area contributed by atoms with Gasteiger partial charge in [-0.1, -0.05) is 91.0 Å². The molecule has 0 saturated carbocycles. The van der Waals surface area contributed by atoms with E-state index in [0.717, 1.165) is 22.2 Å². The predicted octanol–water partition coefficient (Wildman–Crippen LogP) is 7.66. The Hall–Kier alpha value is -4.12. The van der Waals surface area contributed by atoms with Crippen LogP contribution < -0.4 is 5.46 Å². The smallest absolute Gasteiger partial charge is 0.311 e. The van der Waals surface area contributed by atoms with Crippen molar-refractivity contribution in [1.29, 1.82) is 0 Å². The van der Waals surface area contributed by atoms with Crippen LogP contribution in [0.4, 0.5) is 0 Å². The highest BCUT2D eigenvalue weighted by molar-refractivity contribution is 6.49. The van der Waals surface area contributed by atoms with E-state index < -0.39 is 11.2 Å². The zero-order valence-corrected chi connectivity index (χ0v) is 23.6. The van der Waals surface area contributed by atoms with Gasteiger partial charge in [-0.25, -0.2) is 0 Å². The fourth-order valence-corrected chi connectivity index (χ4v) is 5.19. The quantitative estimate of drug-likeness (QED) is 0.218. The molecule has 1 heterocycles. The lowest BCUT2D eigenvalue weighted by Crippen LogP contribution is -2.49. The van der Waals surface area contributed by atoms with Crippen LogP contribution in [-0.4, -0.2) is 28.4 Å². The fourth-order valence-electron chi connectivity index (χ4n) is 5.19. The largest absolute Gasteiger partial charge is 0.427 e. The van der Waals surface area contributed by atoms with E-state index in [9.17, 15) is 5.11 Å². The van der Waals surface area contributed by atoms with Crippen LogP contribution in [-0.2, 0) is 4.65 Å². The summed E-state index contributed by atoms with van der Waals surface area (Å²) in [5, 5.41) is 13.1. The molecule has 40 heavy (non-hydrogen) atoms. The molecule has 5 aromatic carbocycles. The van der Waals surface area contributed by atoms with Crippen molar-refractivity contribution in [3.63, 3.8) is 0 Å². The van der Waals surface area contributed by atoms with Crippen molar-refractivity contribution < 1.29 is 9.76 Å². The number of benzene rings is 5. The minimum absolute atomic E-state index is 0.387. The molecule has 198 valence electrons. The fraction of sp³-hybridized carbons (Fsp3) is 0.167. The average Bonchev–Trinajstić information content (AvgIpc) is 3.29. The van der Waals surface area contributed by atoms with Gasteiger partial charge >= 0.3 is 7.48 Å². The van der Waals surface area contributed by atoms with Gasteiger partial charge in [0.25, 0.3) is 0 Å². The van der Waals surface area contributed by atoms with Crippen LogP contribution in [0, 0.1) is 0 Å². The van der Waals surface area contributed by atoms with Gasteiger partial charge in [0.15, 0.2) is 0 Å². The van der Waals surface area contributed by atoms with Crippen LogP contribution in [0.1, 0.15) is 27.7 Å². The van der Waals surface area contributed by atoms with Gasteiger partial charge in [0.2, 0.25) is 0 Å². The maximum atomic E-state index is 10.7. The molecule has 0 atom stereocenters. The second-order valence-electron chi connectivity index (χ2n) is 11.5. The Morgan fingerprint density at radius 3 is 1.55 bits per heavy atom. The zero-order chi connectivity index (χ0) is 27.9. The van der Waals surface area contributed by atoms with Gasteiger partial charge in [-0.15, -0.1) is 0 Å². The number of rotatable bonds is 7. The van der Waals surface area contributed by atoms with E-state index in [-0.39, 0.29) is 0 Å². The highest BCUT2D eigenvalue weighted by atomic mass is 16.5. The summed E-state index contributed by atoms with van der Waals surface area (Å²) in [5.74, 6) is 0. The molecular weight excluding hydrogens is 489 g/mol. The Kier molecular flexibility index (Phi) is 6.62. The van der Waals surface area contributed by atoms with Crippen molar-refractivity contribution in [1.82, 2.24) is 4.57 Å². The molecule has 1 N–H and O–H groups in total. The van der Waals surface area contributed by atoms with Crippen molar-refractivity contribution >= 4 is 34.8 Å². The number of nitrogens with zero attached hydrogens (tertiary/aromatic N) is 1. The number of hydrogen-bond acceptors (Lipinski definition) is 2. The Labute approximate surface area is 237 Å². The Balaban J connectivity index is 1.56. The second-order valence-corrected chi connectivity index (χ2v) is 11.5. The molecule has 0 aliphatic heterocycles. The van der Waals surface area contributed by atoms with Gasteiger partial charge < -0.3 is 14.3 Å². The Morgan fingerprint density at radius 2 is 1.05 bits per heavy atom. The van der Waals surface area contributed by atoms with E-state index in [1.165, 1.54) is 33.0 Å². The van der Waals surface area contributed by atoms with E-state index in [2.05, 4.69) is 120 Å². The summed E-state index contributed by atoms with van der Waals surface area (Å²) < 4.78 is 8.68. The maximum Gasteiger partial charge on any atom is 0.311 e. The van der Waals surface area contributed by atoms with Gasteiger partial charge in [0.1, 0.15) is 0 Å². The van der Waals surface area contributed by atoms with E-state index in [1.807, 2.05) is 19.9 Å². The van der Waals surface area contributed by atoms with Crippen LogP contribution >= 0.6 is 0 Å². The number of fused-ring (bicyclic) bond motifs is 3. The van der Waals surface area contributed by atoms with Gasteiger partial charge in [0.05, 0.1) is 22.2 Å². The monoisotopic (exact) mass is 523 g/mol.